The van der Waals surface area contributed by atoms with Crippen LogP contribution in [0.2, 0.25) is 0 Å². The third-order valence-corrected chi connectivity index (χ3v) is 1.36. The molecule has 0 saturated carbocycles. The van der Waals surface area contributed by atoms with Crippen LogP contribution in [0.15, 0.2) is 0 Å². The first-order chi connectivity index (χ1) is 3.88. The smallest absolute Gasteiger partial charge is 0.107 e. The standard InChI is InChI=1S/C6H11O2/c1-2-3-5-6(4-7)8-5/h5-7H,1-4H2. The van der Waals surface area contributed by atoms with Gasteiger partial charge in [-0.25, -0.2) is 0 Å². The van der Waals surface area contributed by atoms with E-state index in [2.05, 4.69) is 6.92 Å². The second-order valence-corrected chi connectivity index (χ2v) is 2.04. The molecule has 0 aromatic rings. The Hall–Kier alpha value is -0.0800. The highest BCUT2D eigenvalue weighted by molar-refractivity contribution is 4.83. The molecule has 0 aromatic heterocycles. The van der Waals surface area contributed by atoms with Crippen LogP contribution in [0.25, 0.3) is 0 Å². The molecule has 8 heavy (non-hydrogen) atoms. The maximum absolute atomic E-state index is 8.46. The van der Waals surface area contributed by atoms with Gasteiger partial charge in [0.1, 0.15) is 6.10 Å². The van der Waals surface area contributed by atoms with Gasteiger partial charge in [-0.05, 0) is 6.42 Å². The minimum absolute atomic E-state index is 0.136. The molecule has 1 radical (unpaired) electrons. The highest BCUT2D eigenvalue weighted by atomic mass is 16.6. The molecule has 1 heterocycles. The van der Waals surface area contributed by atoms with Gasteiger partial charge in [0, 0.05) is 0 Å². The fourth-order valence-corrected chi connectivity index (χ4v) is 0.795. The highest BCUT2D eigenvalue weighted by Gasteiger charge is 2.36. The van der Waals surface area contributed by atoms with Crippen molar-refractivity contribution in [2.45, 2.75) is 25.0 Å². The van der Waals surface area contributed by atoms with Crippen LogP contribution in [0.1, 0.15) is 12.8 Å². The van der Waals surface area contributed by atoms with Crippen LogP contribution in [-0.2, 0) is 4.74 Å². The molecule has 0 spiro atoms. The summed E-state index contributed by atoms with van der Waals surface area (Å²) in [6.07, 6.45) is 2.35. The predicted molar refractivity (Wildman–Crippen MR) is 30.3 cm³/mol. The molecule has 1 fully saturated rings. The molecule has 0 amide bonds. The van der Waals surface area contributed by atoms with Gasteiger partial charge >= 0.3 is 0 Å². The van der Waals surface area contributed by atoms with Crippen molar-refractivity contribution in [3.8, 4) is 0 Å². The van der Waals surface area contributed by atoms with Gasteiger partial charge in [0.2, 0.25) is 0 Å². The molecule has 1 N–H and O–H groups in total. The third-order valence-electron chi connectivity index (χ3n) is 1.36. The molecular weight excluding hydrogens is 104 g/mol. The van der Waals surface area contributed by atoms with E-state index in [0.717, 1.165) is 12.8 Å². The van der Waals surface area contributed by atoms with E-state index in [9.17, 15) is 0 Å². The summed E-state index contributed by atoms with van der Waals surface area (Å²) in [5.74, 6) is 0. The number of aliphatic hydroxyl groups excluding tert-OH is 1. The predicted octanol–water partition coefficient (Wildman–Crippen LogP) is 0.360. The molecule has 0 aliphatic carbocycles. The Labute approximate surface area is 49.5 Å². The van der Waals surface area contributed by atoms with Crippen molar-refractivity contribution in [3.05, 3.63) is 6.92 Å². The quantitative estimate of drug-likeness (QED) is 0.539. The van der Waals surface area contributed by atoms with Gasteiger partial charge in [0.15, 0.2) is 0 Å². The monoisotopic (exact) mass is 115 g/mol. The van der Waals surface area contributed by atoms with Crippen LogP contribution in [-0.4, -0.2) is 23.9 Å². The number of rotatable bonds is 3. The molecule has 2 heteroatoms. The average molecular weight is 115 g/mol. The Bertz CT molecular complexity index is 72.9. The van der Waals surface area contributed by atoms with E-state index in [0.29, 0.717) is 6.10 Å². The molecular formula is C6H11O2. The van der Waals surface area contributed by atoms with Gasteiger partial charge in [-0.1, -0.05) is 13.3 Å². The number of ether oxygens (including phenoxy) is 1. The summed E-state index contributed by atoms with van der Waals surface area (Å²) >= 11 is 0. The summed E-state index contributed by atoms with van der Waals surface area (Å²) in [7, 11) is 0. The van der Waals surface area contributed by atoms with Gasteiger partial charge in [-0.15, -0.1) is 0 Å². The van der Waals surface area contributed by atoms with E-state index in [4.69, 9.17) is 9.84 Å². The van der Waals surface area contributed by atoms with Crippen molar-refractivity contribution in [3.63, 3.8) is 0 Å². The van der Waals surface area contributed by atoms with Gasteiger partial charge in [-0.3, -0.25) is 0 Å². The summed E-state index contributed by atoms with van der Waals surface area (Å²) in [6, 6.07) is 0. The normalized spacial score (nSPS) is 35.2. The largest absolute Gasteiger partial charge is 0.394 e. The Morgan fingerprint density at radius 3 is 2.62 bits per heavy atom. The summed E-state index contributed by atoms with van der Waals surface area (Å²) in [5, 5.41) is 8.46. The van der Waals surface area contributed by atoms with Gasteiger partial charge in [0.05, 0.1) is 12.7 Å². The zero-order valence-corrected chi connectivity index (χ0v) is 4.84. The van der Waals surface area contributed by atoms with Crippen molar-refractivity contribution in [2.75, 3.05) is 6.61 Å². The summed E-state index contributed by atoms with van der Waals surface area (Å²) in [6.45, 7) is 3.84. The molecule has 47 valence electrons. The highest BCUT2D eigenvalue weighted by Crippen LogP contribution is 2.25. The number of aliphatic hydroxyl groups is 1. The molecule has 2 unspecified atom stereocenters. The zero-order chi connectivity index (χ0) is 5.98. The van der Waals surface area contributed by atoms with E-state index in [1.807, 2.05) is 0 Å². The maximum Gasteiger partial charge on any atom is 0.107 e. The molecule has 0 bridgehead atoms. The van der Waals surface area contributed by atoms with Crippen LogP contribution in [0.4, 0.5) is 0 Å². The molecule has 2 nitrogen and oxygen atoms in total. The minimum Gasteiger partial charge on any atom is -0.394 e. The van der Waals surface area contributed by atoms with E-state index in [1.165, 1.54) is 0 Å². The van der Waals surface area contributed by atoms with Gasteiger partial charge < -0.3 is 9.84 Å². The summed E-state index contributed by atoms with van der Waals surface area (Å²) < 4.78 is 5.02. The van der Waals surface area contributed by atoms with Crippen molar-refractivity contribution in [1.82, 2.24) is 0 Å². The molecule has 1 rings (SSSR count). The van der Waals surface area contributed by atoms with E-state index in [1.54, 1.807) is 0 Å². The maximum atomic E-state index is 8.46. The number of hydrogen-bond donors (Lipinski definition) is 1. The first-order valence-corrected chi connectivity index (χ1v) is 2.94. The third kappa shape index (κ3) is 1.20. The minimum atomic E-state index is 0.136. The van der Waals surface area contributed by atoms with E-state index < -0.39 is 0 Å². The van der Waals surface area contributed by atoms with Crippen LogP contribution in [0.5, 0.6) is 0 Å². The lowest BCUT2D eigenvalue weighted by Crippen LogP contribution is -1.97. The Kier molecular flexibility index (Phi) is 1.86. The molecule has 1 saturated heterocycles. The van der Waals surface area contributed by atoms with E-state index >= 15 is 0 Å². The molecule has 0 aromatic carbocycles. The SMILES string of the molecule is [CH2]CCC1OC1CO. The van der Waals surface area contributed by atoms with Crippen LogP contribution in [0.3, 0.4) is 0 Å². The fraction of sp³-hybridized carbons (Fsp3) is 0.833. The van der Waals surface area contributed by atoms with Crippen molar-refractivity contribution in [1.29, 1.82) is 0 Å². The second kappa shape index (κ2) is 2.46. The lowest BCUT2D eigenvalue weighted by Gasteiger charge is -1.83. The lowest BCUT2D eigenvalue weighted by molar-refractivity contribution is 0.241. The Balaban J connectivity index is 1.99. The molecule has 1 aliphatic rings. The van der Waals surface area contributed by atoms with Crippen LogP contribution >= 0.6 is 0 Å². The van der Waals surface area contributed by atoms with E-state index in [-0.39, 0.29) is 12.7 Å². The molecule has 1 aliphatic heterocycles. The topological polar surface area (TPSA) is 32.8 Å². The summed E-state index contributed by atoms with van der Waals surface area (Å²) in [4.78, 5) is 0. The fourth-order valence-electron chi connectivity index (χ4n) is 0.795. The number of hydrogen-bond acceptors (Lipinski definition) is 2. The first kappa shape index (κ1) is 6.05. The lowest BCUT2D eigenvalue weighted by atomic mass is 10.2. The summed E-state index contributed by atoms with van der Waals surface area (Å²) in [5.41, 5.74) is 0. The Morgan fingerprint density at radius 2 is 2.25 bits per heavy atom. The van der Waals surface area contributed by atoms with Crippen molar-refractivity contribution in [2.24, 2.45) is 0 Å². The van der Waals surface area contributed by atoms with Crippen molar-refractivity contribution >= 4 is 0 Å². The van der Waals surface area contributed by atoms with Gasteiger partial charge in [-0.2, -0.15) is 0 Å². The zero-order valence-electron chi connectivity index (χ0n) is 4.84. The van der Waals surface area contributed by atoms with Crippen molar-refractivity contribution < 1.29 is 9.84 Å². The first-order valence-electron chi connectivity index (χ1n) is 2.94. The van der Waals surface area contributed by atoms with Gasteiger partial charge in [0.25, 0.3) is 0 Å². The Morgan fingerprint density at radius 1 is 1.50 bits per heavy atom. The average Bonchev–Trinajstić information content (AvgIpc) is 2.48. The van der Waals surface area contributed by atoms with Crippen LogP contribution < -0.4 is 0 Å². The molecule has 2 atom stereocenters. The number of epoxide rings is 1. The second-order valence-electron chi connectivity index (χ2n) is 2.04. The van der Waals surface area contributed by atoms with Crippen LogP contribution in [0, 0.1) is 6.92 Å².